The van der Waals surface area contributed by atoms with Crippen molar-refractivity contribution in [2.24, 2.45) is 5.92 Å². The molecule has 0 bridgehead atoms. The topological polar surface area (TPSA) is 21.3 Å². The Hall–Kier alpha value is -0.0800. The van der Waals surface area contributed by atoms with Crippen molar-refractivity contribution in [1.82, 2.24) is 5.32 Å². The molecule has 74 valence electrons. The highest BCUT2D eigenvalue weighted by Crippen LogP contribution is 1.99. The number of methoxy groups -OCH3 is 1. The smallest absolute Gasteiger partial charge is 0.0476 e. The molecule has 1 N–H and O–H groups in total. The molecule has 0 spiro atoms. The first-order valence-corrected chi connectivity index (χ1v) is 4.93. The lowest BCUT2D eigenvalue weighted by atomic mass is 10.1. The van der Waals surface area contributed by atoms with Crippen molar-refractivity contribution < 1.29 is 4.74 Å². The number of hydrogen-bond donors (Lipinski definition) is 1. The maximum absolute atomic E-state index is 5.01. The van der Waals surface area contributed by atoms with Gasteiger partial charge >= 0.3 is 0 Å². The predicted octanol–water partition coefficient (Wildman–Crippen LogP) is 2.05. The van der Waals surface area contributed by atoms with Gasteiger partial charge in [-0.15, -0.1) is 0 Å². The van der Waals surface area contributed by atoms with Crippen LogP contribution in [0.15, 0.2) is 0 Å². The lowest BCUT2D eigenvalue weighted by Crippen LogP contribution is -2.31. The van der Waals surface area contributed by atoms with E-state index >= 15 is 0 Å². The highest BCUT2D eigenvalue weighted by atomic mass is 16.5. The summed E-state index contributed by atoms with van der Waals surface area (Å²) in [7, 11) is 1.75. The summed E-state index contributed by atoms with van der Waals surface area (Å²) < 4.78 is 5.01. The summed E-state index contributed by atoms with van der Waals surface area (Å²) in [4.78, 5) is 0. The molecule has 0 aromatic carbocycles. The first kappa shape index (κ1) is 11.9. The zero-order chi connectivity index (χ0) is 9.40. The summed E-state index contributed by atoms with van der Waals surface area (Å²) in [6, 6.07) is 0.582. The van der Waals surface area contributed by atoms with Crippen LogP contribution in [0.2, 0.25) is 0 Å². The van der Waals surface area contributed by atoms with Gasteiger partial charge in [-0.1, -0.05) is 20.3 Å². The molecule has 2 nitrogen and oxygen atoms in total. The molecule has 0 fully saturated rings. The van der Waals surface area contributed by atoms with Crippen LogP contribution < -0.4 is 5.32 Å². The summed E-state index contributed by atoms with van der Waals surface area (Å²) in [6.45, 7) is 8.69. The molecule has 0 heterocycles. The van der Waals surface area contributed by atoms with Crippen LogP contribution in [0.4, 0.5) is 0 Å². The third-order valence-corrected chi connectivity index (χ3v) is 2.27. The van der Waals surface area contributed by atoms with E-state index < -0.39 is 0 Å². The fourth-order valence-electron chi connectivity index (χ4n) is 0.943. The van der Waals surface area contributed by atoms with Gasteiger partial charge in [0.1, 0.15) is 0 Å². The SMILES string of the molecule is CCC(C)CNC(C)CCOC. The van der Waals surface area contributed by atoms with E-state index in [2.05, 4.69) is 26.1 Å². The molecule has 2 heteroatoms. The van der Waals surface area contributed by atoms with Crippen molar-refractivity contribution in [3.8, 4) is 0 Å². The molecule has 12 heavy (non-hydrogen) atoms. The lowest BCUT2D eigenvalue weighted by Gasteiger charge is -2.16. The van der Waals surface area contributed by atoms with E-state index in [4.69, 9.17) is 4.74 Å². The second kappa shape index (κ2) is 7.56. The van der Waals surface area contributed by atoms with E-state index in [1.54, 1.807) is 7.11 Å². The maximum Gasteiger partial charge on any atom is 0.0476 e. The van der Waals surface area contributed by atoms with Crippen molar-refractivity contribution in [3.63, 3.8) is 0 Å². The zero-order valence-corrected chi connectivity index (χ0v) is 8.89. The minimum atomic E-state index is 0.582. The van der Waals surface area contributed by atoms with Crippen molar-refractivity contribution >= 4 is 0 Å². The molecule has 0 aliphatic carbocycles. The number of rotatable bonds is 7. The molecule has 0 radical (unpaired) electrons. The van der Waals surface area contributed by atoms with Crippen LogP contribution in [0.1, 0.15) is 33.6 Å². The van der Waals surface area contributed by atoms with Crippen LogP contribution in [-0.2, 0) is 4.74 Å². The first-order valence-electron chi connectivity index (χ1n) is 4.93. The van der Waals surface area contributed by atoms with Gasteiger partial charge in [0.05, 0.1) is 0 Å². The second-order valence-electron chi connectivity index (χ2n) is 3.60. The maximum atomic E-state index is 5.01. The summed E-state index contributed by atoms with van der Waals surface area (Å²) >= 11 is 0. The standard InChI is InChI=1S/C10H23NO/c1-5-9(2)8-11-10(3)6-7-12-4/h9-11H,5-8H2,1-4H3. The van der Waals surface area contributed by atoms with Crippen LogP contribution in [0.3, 0.4) is 0 Å². The molecule has 0 aliphatic rings. The lowest BCUT2D eigenvalue weighted by molar-refractivity contribution is 0.184. The molecule has 0 amide bonds. The summed E-state index contributed by atoms with van der Waals surface area (Å²) in [5.41, 5.74) is 0. The Kier molecular flexibility index (Phi) is 7.51. The predicted molar refractivity (Wildman–Crippen MR) is 53.4 cm³/mol. The zero-order valence-electron chi connectivity index (χ0n) is 8.89. The minimum absolute atomic E-state index is 0.582. The van der Waals surface area contributed by atoms with Crippen molar-refractivity contribution in [2.75, 3.05) is 20.3 Å². The minimum Gasteiger partial charge on any atom is -0.385 e. The van der Waals surface area contributed by atoms with Crippen molar-refractivity contribution in [1.29, 1.82) is 0 Å². The monoisotopic (exact) mass is 173 g/mol. The van der Waals surface area contributed by atoms with Gasteiger partial charge in [0.15, 0.2) is 0 Å². The normalized spacial score (nSPS) is 16.0. The molecule has 0 saturated carbocycles. The van der Waals surface area contributed by atoms with Gasteiger partial charge in [0.25, 0.3) is 0 Å². The Bertz CT molecular complexity index is 95.8. The average molecular weight is 173 g/mol. The molecule has 0 aliphatic heterocycles. The van der Waals surface area contributed by atoms with E-state index in [1.165, 1.54) is 6.42 Å². The quantitative estimate of drug-likeness (QED) is 0.636. The number of ether oxygens (including phenoxy) is 1. The van der Waals surface area contributed by atoms with Gasteiger partial charge < -0.3 is 10.1 Å². The molecule has 0 aromatic rings. The molecular formula is C10H23NO. The molecule has 2 unspecified atom stereocenters. The fraction of sp³-hybridized carbons (Fsp3) is 1.00. The average Bonchev–Trinajstić information content (AvgIpc) is 2.10. The molecule has 0 saturated heterocycles. The fourth-order valence-corrected chi connectivity index (χ4v) is 0.943. The van der Waals surface area contributed by atoms with Crippen LogP contribution in [-0.4, -0.2) is 26.3 Å². The van der Waals surface area contributed by atoms with Crippen LogP contribution in [0, 0.1) is 5.92 Å². The van der Waals surface area contributed by atoms with Crippen LogP contribution in [0.5, 0.6) is 0 Å². The molecule has 2 atom stereocenters. The molecule has 0 aromatic heterocycles. The summed E-state index contributed by atoms with van der Waals surface area (Å²) in [5.74, 6) is 0.787. The van der Waals surface area contributed by atoms with E-state index in [-0.39, 0.29) is 0 Å². The Labute approximate surface area is 76.7 Å². The number of hydrogen-bond acceptors (Lipinski definition) is 2. The Morgan fingerprint density at radius 2 is 2.00 bits per heavy atom. The van der Waals surface area contributed by atoms with E-state index in [1.807, 2.05) is 0 Å². The van der Waals surface area contributed by atoms with Gasteiger partial charge in [0.2, 0.25) is 0 Å². The second-order valence-corrected chi connectivity index (χ2v) is 3.60. The highest BCUT2D eigenvalue weighted by Gasteiger charge is 2.02. The Balaban J connectivity index is 3.24. The molecular weight excluding hydrogens is 150 g/mol. The van der Waals surface area contributed by atoms with E-state index in [0.717, 1.165) is 25.5 Å². The van der Waals surface area contributed by atoms with Crippen molar-refractivity contribution in [2.45, 2.75) is 39.7 Å². The third kappa shape index (κ3) is 6.62. The van der Waals surface area contributed by atoms with E-state index in [0.29, 0.717) is 6.04 Å². The summed E-state index contributed by atoms with van der Waals surface area (Å²) in [5, 5.41) is 3.49. The number of nitrogens with one attached hydrogen (secondary N) is 1. The molecule has 0 rings (SSSR count). The van der Waals surface area contributed by atoms with Crippen LogP contribution in [0.25, 0.3) is 0 Å². The van der Waals surface area contributed by atoms with Gasteiger partial charge in [-0.25, -0.2) is 0 Å². The van der Waals surface area contributed by atoms with Gasteiger partial charge in [-0.05, 0) is 25.8 Å². The van der Waals surface area contributed by atoms with Gasteiger partial charge in [0, 0.05) is 19.8 Å². The van der Waals surface area contributed by atoms with Gasteiger partial charge in [-0.3, -0.25) is 0 Å². The first-order chi connectivity index (χ1) is 5.70. The largest absolute Gasteiger partial charge is 0.385 e. The third-order valence-electron chi connectivity index (χ3n) is 2.27. The summed E-state index contributed by atoms with van der Waals surface area (Å²) in [6.07, 6.45) is 2.36. The van der Waals surface area contributed by atoms with Crippen molar-refractivity contribution in [3.05, 3.63) is 0 Å². The van der Waals surface area contributed by atoms with E-state index in [9.17, 15) is 0 Å². The van der Waals surface area contributed by atoms with Gasteiger partial charge in [-0.2, -0.15) is 0 Å². The Morgan fingerprint density at radius 3 is 2.50 bits per heavy atom. The highest BCUT2D eigenvalue weighted by molar-refractivity contribution is 4.62. The Morgan fingerprint density at radius 1 is 1.33 bits per heavy atom. The van der Waals surface area contributed by atoms with Crippen LogP contribution >= 0.6 is 0 Å².